The Balaban J connectivity index is 0.00000110. The van der Waals surface area contributed by atoms with Gasteiger partial charge in [-0.1, -0.05) is 137 Å². The topological polar surface area (TPSA) is 18.8 Å². The number of anilines is 2. The molecule has 6 aromatic carbocycles. The molecule has 0 amide bonds. The molecule has 0 saturated carbocycles. The van der Waals surface area contributed by atoms with Crippen LogP contribution in [0, 0.1) is 41.5 Å². The fraction of sp³-hybridized carbons (Fsp3) is 0.143. The van der Waals surface area contributed by atoms with Crippen molar-refractivity contribution in [2.24, 2.45) is 4.52 Å². The maximum atomic E-state index is 6.62. The predicted octanol–water partition coefficient (Wildman–Crippen LogP) is 10.8. The maximum absolute atomic E-state index is 6.62. The van der Waals surface area contributed by atoms with Gasteiger partial charge in [0.25, 0.3) is 7.56 Å². The number of benzene rings is 6. The van der Waals surface area contributed by atoms with Crippen molar-refractivity contribution >= 4 is 94.3 Å². The van der Waals surface area contributed by atoms with Gasteiger partial charge in [0.05, 0.1) is 5.69 Å². The fourth-order valence-corrected chi connectivity index (χ4v) is 17.7. The highest BCUT2D eigenvalue weighted by Gasteiger charge is 2.59. The molecule has 0 radical (unpaired) electrons. The van der Waals surface area contributed by atoms with Crippen molar-refractivity contribution in [1.82, 2.24) is 0 Å². The summed E-state index contributed by atoms with van der Waals surface area (Å²) in [6.07, 6.45) is 0. The number of nitrogens with zero attached hydrogens (tertiary/aromatic N) is 3. The monoisotopic (exact) mass is 779 g/mol. The predicted molar refractivity (Wildman–Crippen MR) is 239 cm³/mol. The summed E-state index contributed by atoms with van der Waals surface area (Å²) >= 11 is 14.7. The van der Waals surface area contributed by atoms with Gasteiger partial charge in [-0.2, -0.15) is 0 Å². The molecule has 1 aliphatic heterocycles. The van der Waals surface area contributed by atoms with Crippen molar-refractivity contribution < 1.29 is 0 Å². The van der Waals surface area contributed by atoms with Crippen LogP contribution in [-0.4, -0.2) is 12.5 Å². The highest BCUT2D eigenvalue weighted by atomic mass is 35.6. The Labute approximate surface area is 326 Å². The molecule has 0 saturated heterocycles. The van der Waals surface area contributed by atoms with Crippen molar-refractivity contribution in [3.05, 3.63) is 179 Å². The van der Waals surface area contributed by atoms with Crippen molar-refractivity contribution in [2.45, 2.75) is 41.5 Å². The van der Waals surface area contributed by atoms with Gasteiger partial charge in [-0.3, -0.25) is 0 Å². The standard InChI is InChI=1S/C42H43BN3P2.BCl3H/c1-31-27-33(3)41(34(4)28-31)45-43-46(42-35(5)29-32(2)30-36(42)6)48(39-23-15-9-16-24-39,40-25-17-10-18-26-40)44-47(45,37-19-11-7-12-20-37)38-21-13-8-14-22-38;2-1(3)4/h7-30,43H,1-6H3;1H/q+1;-1. The van der Waals surface area contributed by atoms with Crippen LogP contribution in [-0.2, 0) is 0 Å². The molecule has 264 valence electrons. The molecule has 0 spiro atoms. The van der Waals surface area contributed by atoms with Crippen molar-refractivity contribution in [3.63, 3.8) is 0 Å². The summed E-state index contributed by atoms with van der Waals surface area (Å²) in [6.45, 7) is 13.5. The summed E-state index contributed by atoms with van der Waals surface area (Å²) in [5, 5.41) is 5.07. The fourth-order valence-electron chi connectivity index (χ4n) is 7.79. The van der Waals surface area contributed by atoms with Gasteiger partial charge in [0.15, 0.2) is 0 Å². The molecule has 0 aromatic heterocycles. The number of aryl methyl sites for hydroxylation is 6. The maximum Gasteiger partial charge on any atom is 0.406 e. The molecule has 0 N–H and O–H groups in total. The molecular formula is C42H44B2Cl3N3P2. The molecule has 0 atom stereocenters. The van der Waals surface area contributed by atoms with E-state index in [1.165, 1.54) is 66.0 Å². The average molecular weight is 781 g/mol. The minimum atomic E-state index is -2.68. The third-order valence-corrected chi connectivity index (χ3v) is 17.7. The minimum Gasteiger partial charge on any atom is -0.353 e. The summed E-state index contributed by atoms with van der Waals surface area (Å²) < 4.78 is 12.1. The number of rotatable bonds is 6. The molecule has 7 rings (SSSR count). The highest BCUT2D eigenvalue weighted by molar-refractivity contribution is 7.99. The van der Waals surface area contributed by atoms with E-state index in [-0.39, 0.29) is 0 Å². The molecule has 6 aromatic rings. The normalized spacial score (nSPS) is 14.6. The number of halogens is 3. The van der Waals surface area contributed by atoms with Crippen molar-refractivity contribution in [3.8, 4) is 0 Å². The largest absolute Gasteiger partial charge is 0.406 e. The molecule has 1 aliphatic rings. The van der Waals surface area contributed by atoms with Crippen molar-refractivity contribution in [2.75, 3.05) is 9.16 Å². The van der Waals surface area contributed by atoms with Crippen LogP contribution in [0.1, 0.15) is 33.4 Å². The summed E-state index contributed by atoms with van der Waals surface area (Å²) in [4.78, 5) is -1.33. The number of hydrogen-bond donors (Lipinski definition) is 0. The van der Waals surface area contributed by atoms with E-state index in [4.69, 9.17) is 38.9 Å². The lowest BCUT2D eigenvalue weighted by Crippen LogP contribution is -2.52. The highest BCUT2D eigenvalue weighted by Crippen LogP contribution is 2.74. The second kappa shape index (κ2) is 16.3. The summed E-state index contributed by atoms with van der Waals surface area (Å²) in [6, 6.07) is 53.9. The lowest BCUT2D eigenvalue weighted by atomic mass is 9.98. The van der Waals surface area contributed by atoms with E-state index in [0.29, 0.717) is 7.55 Å². The van der Waals surface area contributed by atoms with E-state index in [9.17, 15) is 0 Å². The van der Waals surface area contributed by atoms with Gasteiger partial charge >= 0.3 is 7.55 Å². The van der Waals surface area contributed by atoms with Gasteiger partial charge in [0, 0.05) is 16.3 Å². The van der Waals surface area contributed by atoms with Crippen LogP contribution < -0.4 is 30.4 Å². The van der Waals surface area contributed by atoms with Crippen LogP contribution in [0.25, 0.3) is 0 Å². The average Bonchev–Trinajstić information content (AvgIpc) is 3.12. The van der Waals surface area contributed by atoms with Crippen LogP contribution in [0.2, 0.25) is 0 Å². The Hall–Kier alpha value is -3.42. The third kappa shape index (κ3) is 7.37. The van der Waals surface area contributed by atoms with Gasteiger partial charge in [-0.25, -0.2) is 4.58 Å². The first-order valence-corrected chi connectivity index (χ1v) is 22.5. The first-order valence-electron chi connectivity index (χ1n) is 17.5. The molecule has 0 bridgehead atoms. The van der Waals surface area contributed by atoms with Gasteiger partial charge in [-0.15, -0.1) is 0 Å². The second-order valence-corrected chi connectivity index (χ2v) is 21.9. The van der Waals surface area contributed by atoms with E-state index in [1.54, 1.807) is 0 Å². The van der Waals surface area contributed by atoms with Gasteiger partial charge in [0.1, 0.15) is 17.8 Å². The van der Waals surface area contributed by atoms with Crippen LogP contribution in [0.3, 0.4) is 0 Å². The minimum absolute atomic E-state index is 0.689. The van der Waals surface area contributed by atoms with Crippen molar-refractivity contribution in [1.29, 1.82) is 0 Å². The lowest BCUT2D eigenvalue weighted by molar-refractivity contribution is 1.26. The quantitative estimate of drug-likeness (QED) is 0.124. The molecule has 52 heavy (non-hydrogen) atoms. The van der Waals surface area contributed by atoms with Gasteiger partial charge in [-0.05, 0) is 88.1 Å². The van der Waals surface area contributed by atoms with E-state index < -0.39 is 19.7 Å². The van der Waals surface area contributed by atoms with Gasteiger partial charge < -0.3 is 39.0 Å². The molecule has 3 nitrogen and oxygen atoms in total. The summed E-state index contributed by atoms with van der Waals surface area (Å²) in [5.74, 6) is 0. The van der Waals surface area contributed by atoms with E-state index in [2.05, 4.69) is 196 Å². The molecular weight excluding hydrogens is 736 g/mol. The number of hydrogen-bond acceptors (Lipinski definition) is 3. The van der Waals surface area contributed by atoms with Crippen LogP contribution >= 0.6 is 49.1 Å². The lowest BCUT2D eigenvalue weighted by Gasteiger charge is -2.49. The van der Waals surface area contributed by atoms with E-state index in [1.807, 2.05) is 0 Å². The summed E-state index contributed by atoms with van der Waals surface area (Å²) in [5.41, 5.74) is 10.2. The van der Waals surface area contributed by atoms with Crippen LogP contribution in [0.15, 0.2) is 150 Å². The molecule has 0 unspecified atom stereocenters. The van der Waals surface area contributed by atoms with E-state index >= 15 is 0 Å². The Bertz CT molecular complexity index is 2080. The third-order valence-electron chi connectivity index (χ3n) is 9.48. The molecule has 10 heteroatoms. The SMILES string of the molecule is Cc1cc(C)c(N2BN(c3c(C)cc(C)cc3C)[P+](c3ccccc3)(c3ccccc3)N=P2(c2ccccc2)c2ccccc2)c(C)c1.Cl[BH-](Cl)Cl. The Morgan fingerprint density at radius 1 is 0.519 bits per heavy atom. The smallest absolute Gasteiger partial charge is 0.353 e. The van der Waals surface area contributed by atoms with E-state index in [0.717, 1.165) is 0 Å². The molecule has 0 fully saturated rings. The first-order chi connectivity index (χ1) is 25.0. The zero-order chi connectivity index (χ0) is 37.0. The molecule has 1 heterocycles. The van der Waals surface area contributed by atoms with Gasteiger partial charge in [0.2, 0.25) is 4.96 Å². The second-order valence-electron chi connectivity index (χ2n) is 13.4. The van der Waals surface area contributed by atoms with Crippen LogP contribution in [0.4, 0.5) is 11.4 Å². The Kier molecular flexibility index (Phi) is 12.0. The molecule has 0 aliphatic carbocycles. The Morgan fingerprint density at radius 2 is 0.846 bits per heavy atom. The first kappa shape index (κ1) is 38.3. The Morgan fingerprint density at radius 3 is 1.21 bits per heavy atom. The van der Waals surface area contributed by atoms with Crippen LogP contribution in [0.5, 0.6) is 0 Å². The summed E-state index contributed by atoms with van der Waals surface area (Å²) in [7, 11) is -4.67. The zero-order valence-corrected chi connectivity index (χ0v) is 34.7. The zero-order valence-electron chi connectivity index (χ0n) is 30.6.